The zero-order valence-corrected chi connectivity index (χ0v) is 15.4. The van der Waals surface area contributed by atoms with Gasteiger partial charge in [0.1, 0.15) is 0 Å². The first-order chi connectivity index (χ1) is 12.4. The number of anilines is 2. The van der Waals surface area contributed by atoms with Gasteiger partial charge in [0.2, 0.25) is 16.0 Å². The number of aryl methyl sites for hydroxylation is 2. The van der Waals surface area contributed by atoms with Gasteiger partial charge in [0.25, 0.3) is 0 Å². The lowest BCUT2D eigenvalue weighted by atomic mass is 10.2. The number of hydrogen-bond donors (Lipinski definition) is 2. The van der Waals surface area contributed by atoms with Crippen molar-refractivity contribution in [3.8, 4) is 0 Å². The first-order valence-corrected chi connectivity index (χ1v) is 9.64. The molecular weight excluding hydrogens is 348 g/mol. The lowest BCUT2D eigenvalue weighted by Crippen LogP contribution is -2.23. The third kappa shape index (κ3) is 4.65. The fourth-order valence-electron chi connectivity index (χ4n) is 2.49. The largest absolute Gasteiger partial charge is 0.324 e. The summed E-state index contributed by atoms with van der Waals surface area (Å²) in [6.45, 7) is 4.04. The highest BCUT2D eigenvalue weighted by molar-refractivity contribution is 7.89. The molecule has 0 aliphatic carbocycles. The van der Waals surface area contributed by atoms with Gasteiger partial charge in [0.05, 0.1) is 4.90 Å². The van der Waals surface area contributed by atoms with E-state index in [9.17, 15) is 8.42 Å². The van der Waals surface area contributed by atoms with Crippen molar-refractivity contribution in [3.05, 3.63) is 77.6 Å². The van der Waals surface area contributed by atoms with Crippen LogP contribution in [0.3, 0.4) is 0 Å². The Morgan fingerprint density at radius 3 is 2.12 bits per heavy atom. The Morgan fingerprint density at radius 2 is 1.50 bits per heavy atom. The normalized spacial score (nSPS) is 11.3. The molecule has 0 spiro atoms. The Balaban J connectivity index is 1.70. The number of nitrogens with one attached hydrogen (secondary N) is 2. The Kier molecular flexibility index (Phi) is 5.29. The second kappa shape index (κ2) is 7.63. The molecule has 0 aliphatic heterocycles. The Bertz CT molecular complexity index is 968. The van der Waals surface area contributed by atoms with E-state index in [1.807, 2.05) is 50.2 Å². The molecule has 0 saturated heterocycles. The lowest BCUT2D eigenvalue weighted by molar-refractivity contribution is 0.581. The topological polar surface area (TPSA) is 84.0 Å². The smallest absolute Gasteiger partial charge is 0.240 e. The molecule has 1 heterocycles. The minimum absolute atomic E-state index is 0.209. The SMILES string of the molecule is Cc1cc(C)nc(Nc2ccc(S(=O)(=O)NCc3ccccc3)cc2)n1. The molecule has 134 valence electrons. The minimum atomic E-state index is -3.57. The maximum Gasteiger partial charge on any atom is 0.240 e. The van der Waals surface area contributed by atoms with Crippen LogP contribution in [0, 0.1) is 13.8 Å². The molecule has 0 fully saturated rings. The van der Waals surface area contributed by atoms with Crippen molar-refractivity contribution in [3.63, 3.8) is 0 Å². The van der Waals surface area contributed by atoms with E-state index < -0.39 is 10.0 Å². The minimum Gasteiger partial charge on any atom is -0.324 e. The average Bonchev–Trinajstić information content (AvgIpc) is 2.61. The fraction of sp³-hybridized carbons (Fsp3) is 0.158. The van der Waals surface area contributed by atoms with E-state index in [2.05, 4.69) is 20.0 Å². The predicted octanol–water partition coefficient (Wildman–Crippen LogP) is 3.32. The number of sulfonamides is 1. The van der Waals surface area contributed by atoms with Gasteiger partial charge in [-0.2, -0.15) is 0 Å². The number of hydrogen-bond acceptors (Lipinski definition) is 5. The summed E-state index contributed by atoms with van der Waals surface area (Å²) in [7, 11) is -3.57. The molecule has 26 heavy (non-hydrogen) atoms. The van der Waals surface area contributed by atoms with Gasteiger partial charge in [-0.15, -0.1) is 0 Å². The Hall–Kier alpha value is -2.77. The van der Waals surface area contributed by atoms with Crippen LogP contribution in [0.15, 0.2) is 65.6 Å². The summed E-state index contributed by atoms with van der Waals surface area (Å²) >= 11 is 0. The summed E-state index contributed by atoms with van der Waals surface area (Å²) in [4.78, 5) is 8.83. The van der Waals surface area contributed by atoms with Gasteiger partial charge in [-0.05, 0) is 49.7 Å². The van der Waals surface area contributed by atoms with Crippen molar-refractivity contribution in [2.24, 2.45) is 0 Å². The van der Waals surface area contributed by atoms with E-state index in [0.29, 0.717) is 5.95 Å². The van der Waals surface area contributed by atoms with Gasteiger partial charge >= 0.3 is 0 Å². The summed E-state index contributed by atoms with van der Waals surface area (Å²) in [5, 5.41) is 3.08. The molecule has 0 aliphatic rings. The van der Waals surface area contributed by atoms with Crippen molar-refractivity contribution in [2.75, 3.05) is 5.32 Å². The number of aromatic nitrogens is 2. The Morgan fingerprint density at radius 1 is 0.885 bits per heavy atom. The van der Waals surface area contributed by atoms with Crippen LogP contribution < -0.4 is 10.0 Å². The van der Waals surface area contributed by atoms with Gasteiger partial charge in [-0.3, -0.25) is 0 Å². The first-order valence-electron chi connectivity index (χ1n) is 8.15. The summed E-state index contributed by atoms with van der Waals surface area (Å²) in [5.41, 5.74) is 3.35. The van der Waals surface area contributed by atoms with Gasteiger partial charge in [0, 0.05) is 23.6 Å². The highest BCUT2D eigenvalue weighted by atomic mass is 32.2. The summed E-state index contributed by atoms with van der Waals surface area (Å²) in [6.07, 6.45) is 0. The van der Waals surface area contributed by atoms with Crippen LogP contribution in [0.5, 0.6) is 0 Å². The molecule has 2 N–H and O–H groups in total. The number of rotatable bonds is 6. The molecular formula is C19H20N4O2S. The standard InChI is InChI=1S/C19H20N4O2S/c1-14-12-15(2)22-19(21-14)23-17-8-10-18(11-9-17)26(24,25)20-13-16-6-4-3-5-7-16/h3-12,20H,13H2,1-2H3,(H,21,22,23). The van der Waals surface area contributed by atoms with Crippen LogP contribution >= 0.6 is 0 Å². The summed E-state index contributed by atoms with van der Waals surface area (Å²) in [5.74, 6) is 0.486. The molecule has 0 bridgehead atoms. The lowest BCUT2D eigenvalue weighted by Gasteiger charge is -2.09. The van der Waals surface area contributed by atoms with Crippen LogP contribution in [-0.2, 0) is 16.6 Å². The highest BCUT2D eigenvalue weighted by Gasteiger charge is 2.13. The average molecular weight is 368 g/mol. The third-order valence-electron chi connectivity index (χ3n) is 3.71. The Labute approximate surface area is 153 Å². The van der Waals surface area contributed by atoms with E-state index >= 15 is 0 Å². The number of benzene rings is 2. The second-order valence-electron chi connectivity index (χ2n) is 5.93. The fourth-order valence-corrected chi connectivity index (χ4v) is 3.50. The zero-order chi connectivity index (χ0) is 18.6. The van der Waals surface area contributed by atoms with Crippen molar-refractivity contribution in [1.29, 1.82) is 0 Å². The van der Waals surface area contributed by atoms with Crippen LogP contribution in [0.1, 0.15) is 17.0 Å². The maximum absolute atomic E-state index is 12.4. The van der Waals surface area contributed by atoms with Gasteiger partial charge in [-0.25, -0.2) is 23.1 Å². The molecule has 0 unspecified atom stereocenters. The molecule has 3 aromatic rings. The van der Waals surface area contributed by atoms with Gasteiger partial charge in [-0.1, -0.05) is 30.3 Å². The maximum atomic E-state index is 12.4. The van der Waals surface area contributed by atoms with Gasteiger partial charge < -0.3 is 5.32 Å². The monoisotopic (exact) mass is 368 g/mol. The molecule has 0 amide bonds. The molecule has 3 rings (SSSR count). The molecule has 6 nitrogen and oxygen atoms in total. The highest BCUT2D eigenvalue weighted by Crippen LogP contribution is 2.17. The zero-order valence-electron chi connectivity index (χ0n) is 14.6. The van der Waals surface area contributed by atoms with Crippen LogP contribution in [0.25, 0.3) is 0 Å². The van der Waals surface area contributed by atoms with Crippen molar-refractivity contribution < 1.29 is 8.42 Å². The molecule has 0 atom stereocenters. The predicted molar refractivity (Wildman–Crippen MR) is 102 cm³/mol. The molecule has 0 saturated carbocycles. The van der Waals surface area contributed by atoms with Crippen LogP contribution in [0.4, 0.5) is 11.6 Å². The second-order valence-corrected chi connectivity index (χ2v) is 7.70. The van der Waals surface area contributed by atoms with Crippen LogP contribution in [0.2, 0.25) is 0 Å². The van der Waals surface area contributed by atoms with Crippen LogP contribution in [-0.4, -0.2) is 18.4 Å². The van der Waals surface area contributed by atoms with E-state index in [1.54, 1.807) is 24.3 Å². The van der Waals surface area contributed by atoms with E-state index in [0.717, 1.165) is 22.6 Å². The first kappa shape index (κ1) is 18.0. The van der Waals surface area contributed by atoms with Crippen molar-refractivity contribution in [1.82, 2.24) is 14.7 Å². The van der Waals surface area contributed by atoms with E-state index in [-0.39, 0.29) is 11.4 Å². The van der Waals surface area contributed by atoms with Crippen molar-refractivity contribution >= 4 is 21.7 Å². The molecule has 7 heteroatoms. The third-order valence-corrected chi connectivity index (χ3v) is 5.13. The number of nitrogens with zero attached hydrogens (tertiary/aromatic N) is 2. The molecule has 2 aromatic carbocycles. The van der Waals surface area contributed by atoms with E-state index in [1.165, 1.54) is 0 Å². The molecule has 1 aromatic heterocycles. The van der Waals surface area contributed by atoms with Crippen molar-refractivity contribution in [2.45, 2.75) is 25.3 Å². The summed E-state index contributed by atoms with van der Waals surface area (Å²) in [6, 6.07) is 17.8. The quantitative estimate of drug-likeness (QED) is 0.697. The molecule has 0 radical (unpaired) electrons. The van der Waals surface area contributed by atoms with Gasteiger partial charge in [0.15, 0.2) is 0 Å². The van der Waals surface area contributed by atoms with E-state index in [4.69, 9.17) is 0 Å². The summed E-state index contributed by atoms with van der Waals surface area (Å²) < 4.78 is 27.4.